The maximum absolute atomic E-state index is 13.2. The number of hydrogen-bond donors (Lipinski definition) is 2. The van der Waals surface area contributed by atoms with Gasteiger partial charge in [-0.1, -0.05) is 11.3 Å². The Bertz CT molecular complexity index is 1160. The first-order valence-corrected chi connectivity index (χ1v) is 12.9. The summed E-state index contributed by atoms with van der Waals surface area (Å²) in [5, 5.41) is 10.8. The number of rotatable bonds is 6. The SMILES string of the molecule is CC1(NS(=O)(=O)C2=CN3C(c4nnc(C(F)F)s4)=NCC3C(N3CC4CC3CN4)=C2)CC1. The molecule has 4 aliphatic heterocycles. The smallest absolute Gasteiger partial charge is 0.291 e. The van der Waals surface area contributed by atoms with Gasteiger partial charge in [0.1, 0.15) is 4.91 Å². The molecule has 9 nitrogen and oxygen atoms in total. The number of piperazine rings is 1. The van der Waals surface area contributed by atoms with Gasteiger partial charge in [-0.3, -0.25) is 4.99 Å². The molecular formula is C19H23F2N7O2S2. The summed E-state index contributed by atoms with van der Waals surface area (Å²) in [7, 11) is -3.76. The molecule has 2 bridgehead atoms. The van der Waals surface area contributed by atoms with Crippen molar-refractivity contribution in [2.75, 3.05) is 19.6 Å². The number of fused-ring (bicyclic) bond motifs is 3. The Kier molecular flexibility index (Phi) is 4.52. The molecule has 3 unspecified atom stereocenters. The van der Waals surface area contributed by atoms with Gasteiger partial charge in [-0.25, -0.2) is 21.9 Å². The van der Waals surface area contributed by atoms with E-state index in [9.17, 15) is 17.2 Å². The van der Waals surface area contributed by atoms with Crippen molar-refractivity contribution in [3.05, 3.63) is 32.9 Å². The first-order valence-electron chi connectivity index (χ1n) is 10.6. The monoisotopic (exact) mass is 483 g/mol. The number of nitrogens with zero attached hydrogens (tertiary/aromatic N) is 5. The van der Waals surface area contributed by atoms with Crippen LogP contribution in [0.1, 0.15) is 42.6 Å². The van der Waals surface area contributed by atoms with Crippen LogP contribution in [0.5, 0.6) is 0 Å². The zero-order valence-electron chi connectivity index (χ0n) is 17.3. The van der Waals surface area contributed by atoms with Crippen LogP contribution in [-0.2, 0) is 10.0 Å². The zero-order chi connectivity index (χ0) is 22.3. The molecule has 5 aliphatic rings. The van der Waals surface area contributed by atoms with Crippen molar-refractivity contribution >= 4 is 27.2 Å². The number of nitrogens with one attached hydrogen (secondary N) is 2. The van der Waals surface area contributed by atoms with Crippen LogP contribution in [-0.4, -0.2) is 77.5 Å². The van der Waals surface area contributed by atoms with Gasteiger partial charge in [-0.05, 0) is 32.3 Å². The van der Waals surface area contributed by atoms with Gasteiger partial charge in [0.25, 0.3) is 6.43 Å². The summed E-state index contributed by atoms with van der Waals surface area (Å²) < 4.78 is 55.4. The lowest BCUT2D eigenvalue weighted by molar-refractivity contribution is 0.150. The number of aromatic nitrogens is 2. The van der Waals surface area contributed by atoms with Gasteiger partial charge in [0.2, 0.25) is 10.0 Å². The second-order valence-electron chi connectivity index (χ2n) is 9.25. The fraction of sp³-hybridized carbons (Fsp3) is 0.632. The third-order valence-electron chi connectivity index (χ3n) is 6.79. The molecule has 3 fully saturated rings. The average Bonchev–Trinajstić information content (AvgIpc) is 3.29. The minimum Gasteiger partial charge on any atom is -0.367 e. The first kappa shape index (κ1) is 20.6. The van der Waals surface area contributed by atoms with Crippen molar-refractivity contribution in [3.8, 4) is 0 Å². The van der Waals surface area contributed by atoms with E-state index in [1.807, 2.05) is 6.92 Å². The van der Waals surface area contributed by atoms with E-state index in [1.165, 1.54) is 0 Å². The summed E-state index contributed by atoms with van der Waals surface area (Å²) in [6, 6.07) is 0.501. The van der Waals surface area contributed by atoms with E-state index in [2.05, 4.69) is 30.1 Å². The first-order chi connectivity index (χ1) is 15.2. The van der Waals surface area contributed by atoms with Crippen LogP contribution in [0.15, 0.2) is 27.9 Å². The van der Waals surface area contributed by atoms with E-state index in [4.69, 9.17) is 0 Å². The predicted octanol–water partition coefficient (Wildman–Crippen LogP) is 1.16. The van der Waals surface area contributed by atoms with Gasteiger partial charge in [0, 0.05) is 42.6 Å². The largest absolute Gasteiger partial charge is 0.367 e. The van der Waals surface area contributed by atoms with Crippen LogP contribution < -0.4 is 10.0 Å². The molecule has 0 radical (unpaired) electrons. The average molecular weight is 484 g/mol. The molecule has 0 aromatic carbocycles. The maximum Gasteiger partial charge on any atom is 0.291 e. The number of halogens is 2. The highest BCUT2D eigenvalue weighted by atomic mass is 32.2. The van der Waals surface area contributed by atoms with E-state index in [-0.39, 0.29) is 21.0 Å². The molecule has 32 heavy (non-hydrogen) atoms. The van der Waals surface area contributed by atoms with Gasteiger partial charge < -0.3 is 15.1 Å². The highest BCUT2D eigenvalue weighted by Crippen LogP contribution is 2.39. The van der Waals surface area contributed by atoms with Crippen LogP contribution in [0.4, 0.5) is 8.78 Å². The standard InChI is InChI=1S/C19H23F2N7O2S2/c1-19(2-3-19)26-32(29,30)12-5-13(27-8-10-4-11(27)6-22-10)14-7-23-16(28(14)9-12)18-25-24-17(31-18)15(20)21/h5,9-11,14-15,22,26H,2-4,6-8H2,1H3. The zero-order valence-corrected chi connectivity index (χ0v) is 19.0. The summed E-state index contributed by atoms with van der Waals surface area (Å²) in [5.74, 6) is 0.387. The molecule has 13 heteroatoms. The Morgan fingerprint density at radius 2 is 2.16 bits per heavy atom. The molecule has 1 aromatic rings. The molecule has 3 atom stereocenters. The van der Waals surface area contributed by atoms with E-state index < -0.39 is 22.0 Å². The van der Waals surface area contributed by atoms with Crippen molar-refractivity contribution in [3.63, 3.8) is 0 Å². The van der Waals surface area contributed by atoms with Gasteiger partial charge in [0.05, 0.1) is 12.6 Å². The highest BCUT2D eigenvalue weighted by Gasteiger charge is 2.47. The lowest BCUT2D eigenvalue weighted by Gasteiger charge is -2.39. The Labute approximate surface area is 188 Å². The fourth-order valence-corrected chi connectivity index (χ4v) is 7.07. The molecule has 5 heterocycles. The number of allylic oxidation sites excluding steroid dienone is 1. The van der Waals surface area contributed by atoms with Gasteiger partial charge in [-0.2, -0.15) is 0 Å². The number of hydrogen-bond acceptors (Lipinski definition) is 9. The molecule has 1 saturated carbocycles. The molecule has 172 valence electrons. The number of alkyl halides is 2. The fourth-order valence-electron chi connectivity index (χ4n) is 4.86. The van der Waals surface area contributed by atoms with Crippen molar-refractivity contribution in [1.29, 1.82) is 0 Å². The molecule has 1 aromatic heterocycles. The lowest BCUT2D eigenvalue weighted by Crippen LogP contribution is -2.49. The second-order valence-corrected chi connectivity index (χ2v) is 11.9. The van der Waals surface area contributed by atoms with Crippen LogP contribution in [0, 0.1) is 0 Å². The second kappa shape index (κ2) is 7.02. The third kappa shape index (κ3) is 3.37. The van der Waals surface area contributed by atoms with E-state index in [1.54, 1.807) is 17.2 Å². The van der Waals surface area contributed by atoms with Crippen LogP contribution >= 0.6 is 11.3 Å². The van der Waals surface area contributed by atoms with Gasteiger partial charge in [0.15, 0.2) is 15.9 Å². The molecule has 0 amide bonds. The van der Waals surface area contributed by atoms with Crippen molar-refractivity contribution in [2.45, 2.75) is 56.3 Å². The molecule has 1 aliphatic carbocycles. The number of amidine groups is 1. The predicted molar refractivity (Wildman–Crippen MR) is 115 cm³/mol. The van der Waals surface area contributed by atoms with E-state index in [0.717, 1.165) is 49.4 Å². The highest BCUT2D eigenvalue weighted by molar-refractivity contribution is 7.93. The molecular weight excluding hydrogens is 460 g/mol. The van der Waals surface area contributed by atoms with Crippen molar-refractivity contribution in [1.82, 2.24) is 30.0 Å². The summed E-state index contributed by atoms with van der Waals surface area (Å²) in [4.78, 5) is 8.78. The summed E-state index contributed by atoms with van der Waals surface area (Å²) >= 11 is 0.786. The minimum atomic E-state index is -3.76. The molecule has 0 spiro atoms. The summed E-state index contributed by atoms with van der Waals surface area (Å²) in [5.41, 5.74) is 0.495. The number of sulfonamides is 1. The van der Waals surface area contributed by atoms with Gasteiger partial charge in [-0.15, -0.1) is 10.2 Å². The van der Waals surface area contributed by atoms with Crippen LogP contribution in [0.25, 0.3) is 0 Å². The lowest BCUT2D eigenvalue weighted by atomic mass is 10.1. The third-order valence-corrected chi connectivity index (χ3v) is 9.32. The summed E-state index contributed by atoms with van der Waals surface area (Å²) in [6.45, 7) is 3.96. The summed E-state index contributed by atoms with van der Waals surface area (Å²) in [6.07, 6.45) is 3.24. The molecule has 6 rings (SSSR count). The van der Waals surface area contributed by atoms with Crippen LogP contribution in [0.3, 0.4) is 0 Å². The quantitative estimate of drug-likeness (QED) is 0.626. The van der Waals surface area contributed by atoms with Crippen LogP contribution in [0.2, 0.25) is 0 Å². The van der Waals surface area contributed by atoms with Gasteiger partial charge >= 0.3 is 0 Å². The Morgan fingerprint density at radius 3 is 2.78 bits per heavy atom. The van der Waals surface area contributed by atoms with Crippen molar-refractivity contribution in [2.24, 2.45) is 4.99 Å². The normalized spacial score (nSPS) is 30.5. The molecule has 2 N–H and O–H groups in total. The Balaban J connectivity index is 1.38. The van der Waals surface area contributed by atoms with Crippen molar-refractivity contribution < 1.29 is 17.2 Å². The topological polar surface area (TPSA) is 103 Å². The molecule has 2 saturated heterocycles. The number of aliphatic imine (C=N–C) groups is 1. The maximum atomic E-state index is 13.2. The minimum absolute atomic E-state index is 0.154. The van der Waals surface area contributed by atoms with E-state index in [0.29, 0.717) is 24.5 Å². The van der Waals surface area contributed by atoms with E-state index >= 15 is 0 Å². The Morgan fingerprint density at radius 1 is 1.34 bits per heavy atom. The Hall–Kier alpha value is -1.96. The number of likely N-dealkylation sites (tertiary alicyclic amines) is 1.